The number of anilines is 2. The molecule has 1 aromatic rings. The van der Waals surface area contributed by atoms with Crippen LogP contribution >= 0.6 is 0 Å². The molecule has 0 bridgehead atoms. The molecule has 1 aliphatic rings. The summed E-state index contributed by atoms with van der Waals surface area (Å²) >= 11 is 0. The van der Waals surface area contributed by atoms with E-state index in [1.165, 1.54) is 6.07 Å². The highest BCUT2D eigenvalue weighted by Gasteiger charge is 2.33. The van der Waals surface area contributed by atoms with Crippen molar-refractivity contribution in [3.8, 4) is 0 Å². The zero-order valence-electron chi connectivity index (χ0n) is 9.74. The van der Waals surface area contributed by atoms with Gasteiger partial charge >= 0.3 is 6.18 Å². The fourth-order valence-corrected chi connectivity index (χ4v) is 1.99. The highest BCUT2D eigenvalue weighted by Crippen LogP contribution is 2.38. The molecule has 3 nitrogen and oxygen atoms in total. The van der Waals surface area contributed by atoms with Gasteiger partial charge in [-0.1, -0.05) is 0 Å². The minimum Gasteiger partial charge on any atom is -0.397 e. The predicted molar refractivity (Wildman–Crippen MR) is 63.3 cm³/mol. The van der Waals surface area contributed by atoms with E-state index in [1.54, 1.807) is 0 Å². The van der Waals surface area contributed by atoms with E-state index in [0.29, 0.717) is 12.2 Å². The first-order valence-electron chi connectivity index (χ1n) is 5.77. The number of hydrogen-bond donors (Lipinski definition) is 2. The lowest BCUT2D eigenvalue weighted by molar-refractivity contribution is -0.137. The maximum atomic E-state index is 12.5. The van der Waals surface area contributed by atoms with Crippen molar-refractivity contribution in [3.05, 3.63) is 23.8 Å². The predicted octanol–water partition coefficient (Wildman–Crippen LogP) is 2.25. The van der Waals surface area contributed by atoms with Crippen LogP contribution in [-0.2, 0) is 6.18 Å². The highest BCUT2D eigenvalue weighted by atomic mass is 19.4. The quantitative estimate of drug-likeness (QED) is 0.816. The summed E-state index contributed by atoms with van der Waals surface area (Å²) in [6, 6.07) is 3.64. The van der Waals surface area contributed by atoms with E-state index in [4.69, 9.17) is 10.8 Å². The molecule has 1 aromatic carbocycles. The minimum atomic E-state index is -4.38. The van der Waals surface area contributed by atoms with Crippen LogP contribution in [0.1, 0.15) is 18.4 Å². The van der Waals surface area contributed by atoms with Crippen LogP contribution < -0.4 is 10.6 Å². The molecule has 2 rings (SSSR count). The lowest BCUT2D eigenvalue weighted by Gasteiger charge is -2.25. The summed E-state index contributed by atoms with van der Waals surface area (Å²) in [6.45, 7) is 0.344. The molecule has 0 amide bonds. The van der Waals surface area contributed by atoms with Gasteiger partial charge in [-0.05, 0) is 31.0 Å². The summed E-state index contributed by atoms with van der Waals surface area (Å²) in [5, 5.41) is 8.99. The Morgan fingerprint density at radius 2 is 2.00 bits per heavy atom. The number of aliphatic hydroxyl groups excluding tert-OH is 1. The Morgan fingerprint density at radius 1 is 1.33 bits per heavy atom. The van der Waals surface area contributed by atoms with Crippen LogP contribution in [0.4, 0.5) is 24.5 Å². The third kappa shape index (κ3) is 2.69. The number of nitrogen functional groups attached to an aromatic ring is 1. The second-order valence-corrected chi connectivity index (χ2v) is 4.42. The Hall–Kier alpha value is -1.43. The number of halogens is 3. The van der Waals surface area contributed by atoms with E-state index in [1.807, 2.05) is 4.90 Å². The van der Waals surface area contributed by atoms with Crippen molar-refractivity contribution in [2.45, 2.75) is 25.1 Å². The van der Waals surface area contributed by atoms with Crippen molar-refractivity contribution >= 4 is 11.4 Å². The minimum absolute atomic E-state index is 0.0447. The van der Waals surface area contributed by atoms with Gasteiger partial charge in [0.25, 0.3) is 0 Å². The molecular weight excluding hydrogens is 245 g/mol. The Morgan fingerprint density at radius 3 is 2.44 bits per heavy atom. The smallest absolute Gasteiger partial charge is 0.397 e. The second-order valence-electron chi connectivity index (χ2n) is 4.42. The summed E-state index contributed by atoms with van der Waals surface area (Å²) in [7, 11) is 0. The molecule has 6 heteroatoms. The molecule has 0 atom stereocenters. The molecule has 1 aliphatic carbocycles. The molecule has 0 aromatic heterocycles. The van der Waals surface area contributed by atoms with E-state index in [-0.39, 0.29) is 18.3 Å². The first kappa shape index (κ1) is 13.0. The molecule has 0 radical (unpaired) electrons. The van der Waals surface area contributed by atoms with Crippen molar-refractivity contribution in [1.29, 1.82) is 0 Å². The Balaban J connectivity index is 2.28. The molecule has 100 valence electrons. The zero-order chi connectivity index (χ0) is 13.3. The van der Waals surface area contributed by atoms with Gasteiger partial charge in [-0.3, -0.25) is 0 Å². The molecule has 0 spiro atoms. The monoisotopic (exact) mass is 260 g/mol. The number of nitrogens with two attached hydrogens (primary N) is 1. The second kappa shape index (κ2) is 4.68. The van der Waals surface area contributed by atoms with Gasteiger partial charge in [-0.2, -0.15) is 13.2 Å². The Labute approximate surface area is 103 Å². The van der Waals surface area contributed by atoms with Crippen LogP contribution in [0.5, 0.6) is 0 Å². The summed E-state index contributed by atoms with van der Waals surface area (Å²) < 4.78 is 37.5. The van der Waals surface area contributed by atoms with Crippen LogP contribution in [0, 0.1) is 0 Å². The number of hydrogen-bond acceptors (Lipinski definition) is 3. The average molecular weight is 260 g/mol. The van der Waals surface area contributed by atoms with Crippen molar-refractivity contribution in [2.24, 2.45) is 0 Å². The number of alkyl halides is 3. The van der Waals surface area contributed by atoms with Gasteiger partial charge in [0, 0.05) is 12.6 Å². The molecular formula is C12H15F3N2O. The van der Waals surface area contributed by atoms with Crippen LogP contribution in [0.2, 0.25) is 0 Å². The third-order valence-electron chi connectivity index (χ3n) is 2.99. The number of aliphatic hydroxyl groups is 1. The maximum Gasteiger partial charge on any atom is 0.416 e. The molecule has 0 heterocycles. The van der Waals surface area contributed by atoms with Crippen LogP contribution in [0.3, 0.4) is 0 Å². The zero-order valence-corrected chi connectivity index (χ0v) is 9.74. The van der Waals surface area contributed by atoms with Crippen LogP contribution in [-0.4, -0.2) is 24.3 Å². The summed E-state index contributed by atoms with van der Waals surface area (Å²) in [6.07, 6.45) is -2.41. The van der Waals surface area contributed by atoms with E-state index in [9.17, 15) is 13.2 Å². The number of rotatable bonds is 4. The van der Waals surface area contributed by atoms with Gasteiger partial charge in [0.2, 0.25) is 0 Å². The van der Waals surface area contributed by atoms with E-state index >= 15 is 0 Å². The van der Waals surface area contributed by atoms with Gasteiger partial charge in [0.15, 0.2) is 0 Å². The number of benzene rings is 1. The van der Waals surface area contributed by atoms with Gasteiger partial charge in [0.05, 0.1) is 23.5 Å². The van der Waals surface area contributed by atoms with Crippen molar-refractivity contribution in [1.82, 2.24) is 0 Å². The lowest BCUT2D eigenvalue weighted by atomic mass is 10.1. The Kier molecular flexibility index (Phi) is 3.38. The first-order chi connectivity index (χ1) is 8.43. The van der Waals surface area contributed by atoms with Crippen molar-refractivity contribution in [2.75, 3.05) is 23.8 Å². The first-order valence-corrected chi connectivity index (χ1v) is 5.77. The van der Waals surface area contributed by atoms with Gasteiger partial charge in [-0.15, -0.1) is 0 Å². The van der Waals surface area contributed by atoms with Gasteiger partial charge in [-0.25, -0.2) is 0 Å². The maximum absolute atomic E-state index is 12.5. The Bertz CT molecular complexity index is 430. The number of nitrogens with zero attached hydrogens (tertiary/aromatic N) is 1. The fourth-order valence-electron chi connectivity index (χ4n) is 1.99. The molecule has 0 saturated heterocycles. The van der Waals surface area contributed by atoms with Crippen LogP contribution in [0.15, 0.2) is 18.2 Å². The largest absolute Gasteiger partial charge is 0.416 e. The summed E-state index contributed by atoms with van der Waals surface area (Å²) in [5.41, 5.74) is 5.62. The standard InChI is InChI=1S/C12H15F3N2O/c13-12(14,15)8-1-4-11(10(16)7-8)17(5-6-18)9-2-3-9/h1,4,7,9,18H,2-3,5-6,16H2. The molecule has 18 heavy (non-hydrogen) atoms. The van der Waals surface area contributed by atoms with Crippen molar-refractivity contribution in [3.63, 3.8) is 0 Å². The molecule has 1 fully saturated rings. The normalized spacial score (nSPS) is 15.8. The third-order valence-corrected chi connectivity index (χ3v) is 2.99. The lowest BCUT2D eigenvalue weighted by Crippen LogP contribution is -2.29. The highest BCUT2D eigenvalue weighted by molar-refractivity contribution is 5.69. The molecule has 0 aliphatic heterocycles. The summed E-state index contributed by atoms with van der Waals surface area (Å²) in [4.78, 5) is 1.87. The van der Waals surface area contributed by atoms with Gasteiger partial charge in [0.1, 0.15) is 0 Å². The fraction of sp³-hybridized carbons (Fsp3) is 0.500. The SMILES string of the molecule is Nc1cc(C(F)(F)F)ccc1N(CCO)C1CC1. The molecule has 3 N–H and O–H groups in total. The summed E-state index contributed by atoms with van der Waals surface area (Å²) in [5.74, 6) is 0. The van der Waals surface area contributed by atoms with E-state index in [0.717, 1.165) is 25.0 Å². The average Bonchev–Trinajstić information content (AvgIpc) is 3.09. The van der Waals surface area contributed by atoms with E-state index in [2.05, 4.69) is 0 Å². The van der Waals surface area contributed by atoms with Gasteiger partial charge < -0.3 is 15.7 Å². The van der Waals surface area contributed by atoms with E-state index < -0.39 is 11.7 Å². The topological polar surface area (TPSA) is 49.5 Å². The molecule has 1 saturated carbocycles. The van der Waals surface area contributed by atoms with Crippen LogP contribution in [0.25, 0.3) is 0 Å². The van der Waals surface area contributed by atoms with Crippen molar-refractivity contribution < 1.29 is 18.3 Å². The molecule has 0 unspecified atom stereocenters.